The van der Waals surface area contributed by atoms with Gasteiger partial charge in [-0.05, 0) is 24.3 Å². The molecule has 3 aromatic rings. The maximum absolute atomic E-state index is 12.9. The number of esters is 1. The fourth-order valence-corrected chi connectivity index (χ4v) is 2.27. The molecule has 0 radical (unpaired) electrons. The van der Waals surface area contributed by atoms with Gasteiger partial charge in [0.05, 0.1) is 18.5 Å². The number of carbonyl (C=O) groups excluding carboxylic acids is 1. The van der Waals surface area contributed by atoms with E-state index < -0.39 is 29.1 Å². The number of ether oxygens (including phenoxy) is 1. The van der Waals surface area contributed by atoms with Crippen molar-refractivity contribution in [3.05, 3.63) is 64.7 Å². The number of hydrogen-bond donors (Lipinski definition) is 0. The third-order valence-electron chi connectivity index (χ3n) is 3.43. The minimum Gasteiger partial charge on any atom is -0.426 e. The van der Waals surface area contributed by atoms with Crippen LogP contribution < -0.4 is 10.4 Å². The molecule has 25 heavy (non-hydrogen) atoms. The van der Waals surface area contributed by atoms with Crippen molar-refractivity contribution in [1.82, 2.24) is 14.2 Å². The van der Waals surface area contributed by atoms with Gasteiger partial charge in [0.1, 0.15) is 5.75 Å². The molecule has 0 saturated heterocycles. The van der Waals surface area contributed by atoms with Crippen LogP contribution in [-0.4, -0.2) is 20.2 Å². The summed E-state index contributed by atoms with van der Waals surface area (Å²) in [6.07, 6.45) is -3.40. The highest BCUT2D eigenvalue weighted by Crippen LogP contribution is 2.35. The monoisotopic (exact) mass is 351 g/mol. The van der Waals surface area contributed by atoms with E-state index in [0.29, 0.717) is 5.65 Å². The van der Waals surface area contributed by atoms with E-state index in [4.69, 9.17) is 4.74 Å². The Morgan fingerprint density at radius 1 is 1.12 bits per heavy atom. The Hall–Kier alpha value is -3.10. The molecular formula is C16H12F3N3O3. The minimum absolute atomic E-state index is 0.104. The summed E-state index contributed by atoms with van der Waals surface area (Å²) in [5, 5.41) is 4.03. The lowest BCUT2D eigenvalue weighted by Gasteiger charge is -2.12. The SMILES string of the molecule is O=C(CCn1nc2ccccn2c1=O)Oc1ccccc1C(F)(F)F. The summed E-state index contributed by atoms with van der Waals surface area (Å²) >= 11 is 0. The van der Waals surface area contributed by atoms with Gasteiger partial charge in [-0.1, -0.05) is 18.2 Å². The molecule has 2 aromatic heterocycles. The number of aromatic nitrogens is 3. The van der Waals surface area contributed by atoms with Crippen LogP contribution in [0.3, 0.4) is 0 Å². The number of benzene rings is 1. The van der Waals surface area contributed by atoms with Gasteiger partial charge in [0.25, 0.3) is 0 Å². The molecule has 0 atom stereocenters. The van der Waals surface area contributed by atoms with Crippen molar-refractivity contribution in [3.8, 4) is 5.75 Å². The standard InChI is InChI=1S/C16H12F3N3O3/c17-16(18,19)11-5-1-2-6-12(11)25-14(23)8-10-22-15(24)21-9-4-3-7-13(21)20-22/h1-7,9H,8,10H2. The number of nitrogens with zero attached hydrogens (tertiary/aromatic N) is 3. The van der Waals surface area contributed by atoms with E-state index in [9.17, 15) is 22.8 Å². The highest BCUT2D eigenvalue weighted by molar-refractivity contribution is 5.72. The van der Waals surface area contributed by atoms with Crippen molar-refractivity contribution in [1.29, 1.82) is 0 Å². The first-order chi connectivity index (χ1) is 11.9. The minimum atomic E-state index is -4.63. The summed E-state index contributed by atoms with van der Waals surface area (Å²) in [6, 6.07) is 9.42. The largest absolute Gasteiger partial charge is 0.426 e. The molecule has 0 saturated carbocycles. The zero-order valence-electron chi connectivity index (χ0n) is 12.7. The third kappa shape index (κ3) is 3.54. The van der Waals surface area contributed by atoms with Crippen LogP contribution in [0.1, 0.15) is 12.0 Å². The average molecular weight is 351 g/mol. The Morgan fingerprint density at radius 2 is 1.84 bits per heavy atom. The first kappa shape index (κ1) is 16.7. The summed E-state index contributed by atoms with van der Waals surface area (Å²) < 4.78 is 45.8. The van der Waals surface area contributed by atoms with E-state index in [2.05, 4.69) is 5.10 Å². The van der Waals surface area contributed by atoms with Gasteiger partial charge < -0.3 is 4.74 Å². The van der Waals surface area contributed by atoms with Crippen LogP contribution in [0.2, 0.25) is 0 Å². The zero-order chi connectivity index (χ0) is 18.0. The Morgan fingerprint density at radius 3 is 2.56 bits per heavy atom. The van der Waals surface area contributed by atoms with Crippen LogP contribution in [0.5, 0.6) is 5.75 Å². The highest BCUT2D eigenvalue weighted by Gasteiger charge is 2.34. The lowest BCUT2D eigenvalue weighted by atomic mass is 10.2. The van der Waals surface area contributed by atoms with Crippen LogP contribution in [0, 0.1) is 0 Å². The number of carbonyl (C=O) groups is 1. The maximum atomic E-state index is 12.9. The van der Waals surface area contributed by atoms with Gasteiger partial charge in [0, 0.05) is 6.20 Å². The fourth-order valence-electron chi connectivity index (χ4n) is 2.27. The summed E-state index contributed by atoms with van der Waals surface area (Å²) in [4.78, 5) is 23.9. The van der Waals surface area contributed by atoms with Crippen molar-refractivity contribution in [2.24, 2.45) is 0 Å². The molecule has 0 aliphatic carbocycles. The molecule has 2 heterocycles. The van der Waals surface area contributed by atoms with Crippen molar-refractivity contribution >= 4 is 11.6 Å². The predicted molar refractivity (Wildman–Crippen MR) is 81.1 cm³/mol. The lowest BCUT2D eigenvalue weighted by molar-refractivity contribution is -0.142. The molecule has 3 rings (SSSR count). The van der Waals surface area contributed by atoms with Crippen LogP contribution in [-0.2, 0) is 17.5 Å². The fraction of sp³-hybridized carbons (Fsp3) is 0.188. The van der Waals surface area contributed by atoms with E-state index in [1.54, 1.807) is 18.2 Å². The van der Waals surface area contributed by atoms with Crippen LogP contribution in [0.4, 0.5) is 13.2 Å². The van der Waals surface area contributed by atoms with Gasteiger partial charge in [-0.25, -0.2) is 9.48 Å². The number of pyridine rings is 1. The molecule has 0 fully saturated rings. The molecule has 9 heteroatoms. The Labute approximate surface area is 139 Å². The van der Waals surface area contributed by atoms with Gasteiger partial charge in [0.15, 0.2) is 5.65 Å². The normalized spacial score (nSPS) is 11.6. The van der Waals surface area contributed by atoms with Crippen molar-refractivity contribution < 1.29 is 22.7 Å². The Balaban J connectivity index is 1.71. The van der Waals surface area contributed by atoms with Crippen LogP contribution in [0.25, 0.3) is 5.65 Å². The molecule has 6 nitrogen and oxygen atoms in total. The number of rotatable bonds is 4. The van der Waals surface area contributed by atoms with Gasteiger partial charge in [-0.15, -0.1) is 5.10 Å². The average Bonchev–Trinajstić information content (AvgIpc) is 2.89. The first-order valence-electron chi connectivity index (χ1n) is 7.27. The van der Waals surface area contributed by atoms with Crippen molar-refractivity contribution in [2.75, 3.05) is 0 Å². The van der Waals surface area contributed by atoms with Crippen molar-refractivity contribution in [3.63, 3.8) is 0 Å². The third-order valence-corrected chi connectivity index (χ3v) is 3.43. The number of alkyl halides is 3. The smallest absolute Gasteiger partial charge is 0.419 e. The van der Waals surface area contributed by atoms with Gasteiger partial charge >= 0.3 is 17.8 Å². The molecule has 0 spiro atoms. The maximum Gasteiger partial charge on any atom is 0.419 e. The predicted octanol–water partition coefficient (Wildman–Crippen LogP) is 2.51. The van der Waals surface area contributed by atoms with Gasteiger partial charge in [0.2, 0.25) is 0 Å². The quantitative estimate of drug-likeness (QED) is 0.535. The zero-order valence-corrected chi connectivity index (χ0v) is 12.7. The van der Waals surface area contributed by atoms with E-state index >= 15 is 0 Å². The number of hydrogen-bond acceptors (Lipinski definition) is 4. The van der Waals surface area contributed by atoms with Crippen LogP contribution >= 0.6 is 0 Å². The number of para-hydroxylation sites is 1. The lowest BCUT2D eigenvalue weighted by Crippen LogP contribution is -2.23. The molecule has 0 amide bonds. The second-order valence-corrected chi connectivity index (χ2v) is 5.15. The van der Waals surface area contributed by atoms with E-state index in [1.807, 2.05) is 0 Å². The van der Waals surface area contributed by atoms with E-state index in [-0.39, 0.29) is 13.0 Å². The van der Waals surface area contributed by atoms with E-state index in [0.717, 1.165) is 16.8 Å². The molecule has 0 unspecified atom stereocenters. The van der Waals surface area contributed by atoms with E-state index in [1.165, 1.54) is 22.7 Å². The summed E-state index contributed by atoms with van der Waals surface area (Å²) in [5.41, 5.74) is -1.07. The molecule has 1 aromatic carbocycles. The van der Waals surface area contributed by atoms with Crippen LogP contribution in [0.15, 0.2) is 53.5 Å². The Kier molecular flexibility index (Phi) is 4.30. The molecule has 0 bridgehead atoms. The second-order valence-electron chi connectivity index (χ2n) is 5.15. The molecule has 0 aliphatic heterocycles. The molecule has 130 valence electrons. The summed E-state index contributed by atoms with van der Waals surface area (Å²) in [6.45, 7) is -0.104. The molecule has 0 aliphatic rings. The van der Waals surface area contributed by atoms with Gasteiger partial charge in [-0.2, -0.15) is 13.2 Å². The summed E-state index contributed by atoms with van der Waals surface area (Å²) in [7, 11) is 0. The molecular weight excluding hydrogens is 339 g/mol. The highest BCUT2D eigenvalue weighted by atomic mass is 19.4. The summed E-state index contributed by atoms with van der Waals surface area (Å²) in [5.74, 6) is -1.46. The second kappa shape index (κ2) is 6.42. The van der Waals surface area contributed by atoms with Gasteiger partial charge in [-0.3, -0.25) is 9.20 Å². The topological polar surface area (TPSA) is 65.6 Å². The number of halogens is 3. The Bertz CT molecular complexity index is 976. The first-order valence-corrected chi connectivity index (χ1v) is 7.27. The molecule has 0 N–H and O–H groups in total. The van der Waals surface area contributed by atoms with Crippen molar-refractivity contribution in [2.45, 2.75) is 19.1 Å². The number of fused-ring (bicyclic) bond motifs is 1. The number of aryl methyl sites for hydroxylation is 1.